The van der Waals surface area contributed by atoms with E-state index >= 15 is 0 Å². The predicted octanol–water partition coefficient (Wildman–Crippen LogP) is 2.17. The molecule has 0 radical (unpaired) electrons. The van der Waals surface area contributed by atoms with E-state index in [4.69, 9.17) is 16.7 Å². The summed E-state index contributed by atoms with van der Waals surface area (Å²) in [6.07, 6.45) is 4.67. The maximum atomic E-state index is 12.2. The Morgan fingerprint density at radius 3 is 2.86 bits per heavy atom. The van der Waals surface area contributed by atoms with Crippen LogP contribution in [0.5, 0.6) is 0 Å². The van der Waals surface area contributed by atoms with Gasteiger partial charge in [0.2, 0.25) is 10.0 Å². The average Bonchev–Trinajstić information content (AvgIpc) is 2.88. The van der Waals surface area contributed by atoms with E-state index in [1.807, 2.05) is 19.1 Å². The van der Waals surface area contributed by atoms with Gasteiger partial charge in [0.15, 0.2) is 0 Å². The average molecular weight is 330 g/mol. The molecule has 0 aliphatic carbocycles. The van der Waals surface area contributed by atoms with Crippen molar-refractivity contribution in [3.8, 4) is 0 Å². The van der Waals surface area contributed by atoms with Gasteiger partial charge in [-0.25, -0.2) is 18.4 Å². The predicted molar refractivity (Wildman–Crippen MR) is 81.8 cm³/mol. The molecule has 1 aromatic carbocycles. The van der Waals surface area contributed by atoms with Gasteiger partial charge in [-0.05, 0) is 24.6 Å². The van der Waals surface area contributed by atoms with Crippen LogP contribution in [0.4, 0.5) is 10.5 Å². The second kappa shape index (κ2) is 6.05. The lowest BCUT2D eigenvalue weighted by Crippen LogP contribution is -2.38. The van der Waals surface area contributed by atoms with Gasteiger partial charge in [-0.1, -0.05) is 30.7 Å². The van der Waals surface area contributed by atoms with Crippen molar-refractivity contribution in [2.45, 2.75) is 24.3 Å². The number of halogens is 1. The minimum atomic E-state index is -3.85. The number of sulfonamides is 1. The van der Waals surface area contributed by atoms with E-state index < -0.39 is 10.0 Å². The zero-order chi connectivity index (χ0) is 15.6. The smallest absolute Gasteiger partial charge is 0.314 e. The molecule has 21 heavy (non-hydrogen) atoms. The normalized spacial score (nSPS) is 18.0. The SMILES string of the molecule is CCC1C=CCN1C(=O)Nc1cc(S(N)(=O)=O)ccc1Cl. The number of hydrogen-bond donors (Lipinski definition) is 2. The summed E-state index contributed by atoms with van der Waals surface area (Å²) in [6.45, 7) is 2.49. The maximum absolute atomic E-state index is 12.2. The number of rotatable bonds is 3. The molecule has 2 amide bonds. The van der Waals surface area contributed by atoms with Crippen LogP contribution in [0.15, 0.2) is 35.2 Å². The van der Waals surface area contributed by atoms with Gasteiger partial charge in [0.25, 0.3) is 0 Å². The van der Waals surface area contributed by atoms with Crippen LogP contribution in [-0.4, -0.2) is 31.9 Å². The minimum absolute atomic E-state index is 0.0326. The zero-order valence-corrected chi connectivity index (χ0v) is 13.0. The molecule has 2 rings (SSSR count). The van der Waals surface area contributed by atoms with Crippen molar-refractivity contribution in [2.75, 3.05) is 11.9 Å². The van der Waals surface area contributed by atoms with Gasteiger partial charge in [-0.15, -0.1) is 0 Å². The van der Waals surface area contributed by atoms with E-state index in [1.165, 1.54) is 18.2 Å². The quantitative estimate of drug-likeness (QED) is 0.832. The number of hydrogen-bond acceptors (Lipinski definition) is 3. The van der Waals surface area contributed by atoms with Gasteiger partial charge in [0, 0.05) is 6.54 Å². The Labute approximate surface area is 128 Å². The number of anilines is 1. The van der Waals surface area contributed by atoms with Gasteiger partial charge in [-0.3, -0.25) is 0 Å². The highest BCUT2D eigenvalue weighted by atomic mass is 35.5. The first-order valence-electron chi connectivity index (χ1n) is 6.39. The van der Waals surface area contributed by atoms with Crippen molar-refractivity contribution >= 4 is 33.3 Å². The number of amides is 2. The van der Waals surface area contributed by atoms with Crippen molar-refractivity contribution in [1.29, 1.82) is 0 Å². The fourth-order valence-corrected chi connectivity index (χ4v) is 2.83. The summed E-state index contributed by atoms with van der Waals surface area (Å²) in [5.74, 6) is 0. The molecule has 1 atom stereocenters. The first-order valence-corrected chi connectivity index (χ1v) is 8.32. The summed E-state index contributed by atoms with van der Waals surface area (Å²) in [5, 5.41) is 7.94. The summed E-state index contributed by atoms with van der Waals surface area (Å²) in [7, 11) is -3.85. The first-order chi connectivity index (χ1) is 9.82. The molecule has 1 aliphatic heterocycles. The van der Waals surface area contributed by atoms with Crippen LogP contribution in [0.25, 0.3) is 0 Å². The van der Waals surface area contributed by atoms with E-state index in [2.05, 4.69) is 5.32 Å². The van der Waals surface area contributed by atoms with E-state index in [0.717, 1.165) is 6.42 Å². The van der Waals surface area contributed by atoms with Crippen molar-refractivity contribution in [2.24, 2.45) is 5.14 Å². The van der Waals surface area contributed by atoms with Crippen LogP contribution in [-0.2, 0) is 10.0 Å². The molecule has 3 N–H and O–H groups in total. The number of nitrogens with one attached hydrogen (secondary N) is 1. The molecule has 0 bridgehead atoms. The molecule has 1 aromatic rings. The first kappa shape index (κ1) is 15.8. The molecule has 0 saturated carbocycles. The van der Waals surface area contributed by atoms with Gasteiger partial charge >= 0.3 is 6.03 Å². The number of nitrogens with zero attached hydrogens (tertiary/aromatic N) is 1. The largest absolute Gasteiger partial charge is 0.322 e. The molecule has 0 saturated heterocycles. The summed E-state index contributed by atoms with van der Waals surface area (Å²) >= 11 is 5.98. The number of carbonyl (C=O) groups excluding carboxylic acids is 1. The Bertz CT molecular complexity index is 688. The lowest BCUT2D eigenvalue weighted by molar-refractivity contribution is 0.209. The molecular formula is C13H16ClN3O3S. The Morgan fingerprint density at radius 1 is 1.52 bits per heavy atom. The lowest BCUT2D eigenvalue weighted by Gasteiger charge is -2.24. The zero-order valence-electron chi connectivity index (χ0n) is 11.4. The Kier molecular flexibility index (Phi) is 4.55. The highest BCUT2D eigenvalue weighted by molar-refractivity contribution is 7.89. The van der Waals surface area contributed by atoms with E-state index in [-0.39, 0.29) is 27.7 Å². The number of primary sulfonamides is 1. The molecule has 114 valence electrons. The highest BCUT2D eigenvalue weighted by Crippen LogP contribution is 2.26. The topological polar surface area (TPSA) is 92.5 Å². The van der Waals surface area contributed by atoms with Crippen molar-refractivity contribution in [3.63, 3.8) is 0 Å². The molecule has 8 heteroatoms. The van der Waals surface area contributed by atoms with Crippen LogP contribution in [0, 0.1) is 0 Å². The van der Waals surface area contributed by atoms with Crippen molar-refractivity contribution in [1.82, 2.24) is 4.90 Å². The maximum Gasteiger partial charge on any atom is 0.322 e. The van der Waals surface area contributed by atoms with Crippen molar-refractivity contribution < 1.29 is 13.2 Å². The Balaban J connectivity index is 2.21. The van der Waals surface area contributed by atoms with Crippen molar-refractivity contribution in [3.05, 3.63) is 35.4 Å². The Morgan fingerprint density at radius 2 is 2.24 bits per heavy atom. The standard InChI is InChI=1S/C13H16ClN3O3S/c1-2-9-4-3-7-17(9)13(18)16-12-8-10(21(15,19)20)5-6-11(12)14/h3-6,8-9H,2,7H2,1H3,(H,16,18)(H2,15,19,20). The second-order valence-corrected chi connectivity index (χ2v) is 6.64. The molecule has 6 nitrogen and oxygen atoms in total. The monoisotopic (exact) mass is 329 g/mol. The molecule has 0 fully saturated rings. The third-order valence-electron chi connectivity index (χ3n) is 3.25. The van der Waals surface area contributed by atoms with E-state index in [0.29, 0.717) is 6.54 Å². The van der Waals surface area contributed by atoms with Gasteiger partial charge in [-0.2, -0.15) is 0 Å². The van der Waals surface area contributed by atoms with Gasteiger partial charge in [0.05, 0.1) is 21.6 Å². The Hall–Kier alpha value is -1.57. The fourth-order valence-electron chi connectivity index (χ4n) is 2.12. The molecule has 1 unspecified atom stereocenters. The van der Waals surface area contributed by atoms with Crippen LogP contribution in [0.2, 0.25) is 5.02 Å². The number of urea groups is 1. The number of benzene rings is 1. The van der Waals surface area contributed by atoms with E-state index in [1.54, 1.807) is 4.90 Å². The van der Waals surface area contributed by atoms with Crippen LogP contribution in [0.3, 0.4) is 0 Å². The third-order valence-corrected chi connectivity index (χ3v) is 4.49. The summed E-state index contributed by atoms with van der Waals surface area (Å²) in [6, 6.07) is 3.63. The van der Waals surface area contributed by atoms with Crippen LogP contribution >= 0.6 is 11.6 Å². The summed E-state index contributed by atoms with van der Waals surface area (Å²) in [5.41, 5.74) is 0.218. The van der Waals surface area contributed by atoms with E-state index in [9.17, 15) is 13.2 Å². The number of carbonyl (C=O) groups is 1. The highest BCUT2D eigenvalue weighted by Gasteiger charge is 2.24. The second-order valence-electron chi connectivity index (χ2n) is 4.67. The number of nitrogens with two attached hydrogens (primary N) is 1. The molecule has 0 spiro atoms. The van der Waals surface area contributed by atoms with Crippen LogP contribution in [0.1, 0.15) is 13.3 Å². The molecule has 1 aliphatic rings. The van der Waals surface area contributed by atoms with Crippen LogP contribution < -0.4 is 10.5 Å². The van der Waals surface area contributed by atoms with Gasteiger partial charge < -0.3 is 10.2 Å². The minimum Gasteiger partial charge on any atom is -0.314 e. The third kappa shape index (κ3) is 3.55. The summed E-state index contributed by atoms with van der Waals surface area (Å²) in [4.78, 5) is 13.8. The molecule has 1 heterocycles. The molecule has 0 aromatic heterocycles. The summed E-state index contributed by atoms with van der Waals surface area (Å²) < 4.78 is 22.7. The fraction of sp³-hybridized carbons (Fsp3) is 0.308. The van der Waals surface area contributed by atoms with Gasteiger partial charge in [0.1, 0.15) is 0 Å². The lowest BCUT2D eigenvalue weighted by atomic mass is 10.2. The molecular weight excluding hydrogens is 314 g/mol.